The summed E-state index contributed by atoms with van der Waals surface area (Å²) in [6, 6.07) is 8.50. The first-order valence-corrected chi connectivity index (χ1v) is 7.61. The maximum Gasteiger partial charge on any atom is 0.291 e. The minimum Gasteiger partial charge on any atom is -0.482 e. The van der Waals surface area contributed by atoms with Gasteiger partial charge in [0, 0.05) is 12.2 Å². The summed E-state index contributed by atoms with van der Waals surface area (Å²) in [7, 11) is 0. The first kappa shape index (κ1) is 15.1. The maximum atomic E-state index is 12.1. The van der Waals surface area contributed by atoms with Crippen molar-refractivity contribution in [3.05, 3.63) is 42.4 Å². The third-order valence-corrected chi connectivity index (χ3v) is 3.64. The molecule has 2 amide bonds. The van der Waals surface area contributed by atoms with Gasteiger partial charge in [-0.05, 0) is 36.8 Å². The van der Waals surface area contributed by atoms with Gasteiger partial charge in [-0.3, -0.25) is 9.59 Å². The smallest absolute Gasteiger partial charge is 0.291 e. The van der Waals surface area contributed by atoms with Crippen molar-refractivity contribution in [2.45, 2.75) is 19.8 Å². The van der Waals surface area contributed by atoms with Gasteiger partial charge in [0.2, 0.25) is 0 Å². The van der Waals surface area contributed by atoms with Gasteiger partial charge in [-0.15, -0.1) is 0 Å². The van der Waals surface area contributed by atoms with E-state index in [4.69, 9.17) is 9.15 Å². The molecular formula is C17H18N2O4. The Hall–Kier alpha value is -2.76. The average molecular weight is 314 g/mol. The number of nitrogens with one attached hydrogen (secondary N) is 1. The molecule has 1 aliphatic heterocycles. The van der Waals surface area contributed by atoms with Gasteiger partial charge < -0.3 is 19.4 Å². The highest BCUT2D eigenvalue weighted by Crippen LogP contribution is 2.34. The van der Waals surface area contributed by atoms with Crippen LogP contribution in [0.15, 0.2) is 41.0 Å². The van der Waals surface area contributed by atoms with Gasteiger partial charge in [-0.25, -0.2) is 0 Å². The number of nitrogens with zero attached hydrogens (tertiary/aromatic N) is 1. The normalized spacial score (nSPS) is 13.4. The van der Waals surface area contributed by atoms with Crippen molar-refractivity contribution >= 4 is 23.2 Å². The highest BCUT2D eigenvalue weighted by atomic mass is 16.5. The van der Waals surface area contributed by atoms with E-state index in [1.165, 1.54) is 6.26 Å². The molecule has 2 aromatic rings. The Labute approximate surface area is 134 Å². The number of rotatable bonds is 5. The highest BCUT2D eigenvalue weighted by Gasteiger charge is 2.25. The van der Waals surface area contributed by atoms with Crippen molar-refractivity contribution in [1.82, 2.24) is 0 Å². The third kappa shape index (κ3) is 3.21. The van der Waals surface area contributed by atoms with Gasteiger partial charge in [-0.2, -0.15) is 0 Å². The van der Waals surface area contributed by atoms with Crippen LogP contribution in [0.2, 0.25) is 0 Å². The molecule has 3 rings (SSSR count). The fourth-order valence-corrected chi connectivity index (χ4v) is 2.44. The van der Waals surface area contributed by atoms with Gasteiger partial charge in [-0.1, -0.05) is 13.3 Å². The molecule has 0 atom stereocenters. The largest absolute Gasteiger partial charge is 0.482 e. The van der Waals surface area contributed by atoms with Crippen LogP contribution in [-0.2, 0) is 4.79 Å². The molecule has 0 aliphatic carbocycles. The number of hydrogen-bond acceptors (Lipinski definition) is 4. The molecule has 6 heteroatoms. The number of hydrogen-bond donors (Lipinski definition) is 1. The summed E-state index contributed by atoms with van der Waals surface area (Å²) in [5.74, 6) is 0.480. The zero-order valence-electron chi connectivity index (χ0n) is 12.9. The van der Waals surface area contributed by atoms with Crippen LogP contribution >= 0.6 is 0 Å². The van der Waals surface area contributed by atoms with Gasteiger partial charge in [0.05, 0.1) is 12.0 Å². The predicted molar refractivity (Wildman–Crippen MR) is 85.9 cm³/mol. The van der Waals surface area contributed by atoms with Gasteiger partial charge in [0.15, 0.2) is 12.4 Å². The van der Waals surface area contributed by atoms with Crippen molar-refractivity contribution < 1.29 is 18.7 Å². The topological polar surface area (TPSA) is 71.8 Å². The summed E-state index contributed by atoms with van der Waals surface area (Å²) < 4.78 is 10.5. The summed E-state index contributed by atoms with van der Waals surface area (Å²) in [6.45, 7) is 2.77. The number of unbranched alkanes of at least 4 members (excludes halogenated alkanes) is 1. The minimum absolute atomic E-state index is 0.0504. The first-order chi connectivity index (χ1) is 11.2. The maximum absolute atomic E-state index is 12.1. The Morgan fingerprint density at radius 3 is 2.96 bits per heavy atom. The fourth-order valence-electron chi connectivity index (χ4n) is 2.44. The second kappa shape index (κ2) is 6.56. The summed E-state index contributed by atoms with van der Waals surface area (Å²) in [6.07, 6.45) is 3.35. The minimum atomic E-state index is -0.335. The lowest BCUT2D eigenvalue weighted by molar-refractivity contribution is -0.121. The van der Waals surface area contributed by atoms with Crippen LogP contribution in [-0.4, -0.2) is 25.0 Å². The average Bonchev–Trinajstić information content (AvgIpc) is 3.08. The van der Waals surface area contributed by atoms with Crippen LogP contribution in [0.25, 0.3) is 0 Å². The number of benzene rings is 1. The van der Waals surface area contributed by atoms with Crippen LogP contribution in [0.1, 0.15) is 30.3 Å². The van der Waals surface area contributed by atoms with E-state index in [0.717, 1.165) is 12.8 Å². The van der Waals surface area contributed by atoms with E-state index >= 15 is 0 Å². The number of amides is 2. The lowest BCUT2D eigenvalue weighted by Gasteiger charge is -2.29. The Kier molecular flexibility index (Phi) is 4.32. The lowest BCUT2D eigenvalue weighted by Crippen LogP contribution is -2.39. The summed E-state index contributed by atoms with van der Waals surface area (Å²) >= 11 is 0. The van der Waals surface area contributed by atoms with Crippen LogP contribution < -0.4 is 15.0 Å². The lowest BCUT2D eigenvalue weighted by atomic mass is 10.2. The van der Waals surface area contributed by atoms with E-state index in [-0.39, 0.29) is 24.2 Å². The first-order valence-electron chi connectivity index (χ1n) is 7.61. The molecule has 2 heterocycles. The number of carbonyl (C=O) groups excluding carboxylic acids is 2. The molecule has 0 saturated heterocycles. The number of fused-ring (bicyclic) bond motifs is 1. The number of ether oxygens (including phenoxy) is 1. The standard InChI is InChI=1S/C17H18N2O4/c1-2-3-8-19-13-10-12(6-7-14(13)23-11-16(19)20)18-17(21)15-5-4-9-22-15/h4-7,9-10H,2-3,8,11H2,1H3,(H,18,21). The summed E-state index contributed by atoms with van der Waals surface area (Å²) in [5, 5.41) is 2.76. The van der Waals surface area contributed by atoms with Crippen LogP contribution in [0.5, 0.6) is 5.75 Å². The van der Waals surface area contributed by atoms with E-state index in [1.807, 2.05) is 0 Å². The Bertz CT molecular complexity index is 709. The second-order valence-electron chi connectivity index (χ2n) is 5.30. The van der Waals surface area contributed by atoms with Crippen LogP contribution in [0.3, 0.4) is 0 Å². The van der Waals surface area contributed by atoms with E-state index in [1.54, 1.807) is 35.2 Å². The number of carbonyl (C=O) groups is 2. The molecule has 6 nitrogen and oxygen atoms in total. The van der Waals surface area contributed by atoms with E-state index in [2.05, 4.69) is 12.2 Å². The highest BCUT2D eigenvalue weighted by molar-refractivity contribution is 6.03. The van der Waals surface area contributed by atoms with E-state index in [9.17, 15) is 9.59 Å². The van der Waals surface area contributed by atoms with Gasteiger partial charge in [0.1, 0.15) is 5.75 Å². The molecule has 120 valence electrons. The molecule has 23 heavy (non-hydrogen) atoms. The van der Waals surface area contributed by atoms with Crippen molar-refractivity contribution in [3.8, 4) is 5.75 Å². The van der Waals surface area contributed by atoms with Crippen molar-refractivity contribution in [1.29, 1.82) is 0 Å². The zero-order chi connectivity index (χ0) is 16.2. The molecule has 0 bridgehead atoms. The molecule has 1 aromatic heterocycles. The molecule has 1 aromatic carbocycles. The molecule has 0 radical (unpaired) electrons. The quantitative estimate of drug-likeness (QED) is 0.920. The van der Waals surface area contributed by atoms with Crippen molar-refractivity contribution in [3.63, 3.8) is 0 Å². The summed E-state index contributed by atoms with van der Waals surface area (Å²) in [4.78, 5) is 25.8. The molecule has 0 fully saturated rings. The monoisotopic (exact) mass is 314 g/mol. The molecule has 0 unspecified atom stereocenters. The fraction of sp³-hybridized carbons (Fsp3) is 0.294. The van der Waals surface area contributed by atoms with E-state index < -0.39 is 0 Å². The van der Waals surface area contributed by atoms with Crippen molar-refractivity contribution in [2.75, 3.05) is 23.4 Å². The van der Waals surface area contributed by atoms with Crippen LogP contribution in [0, 0.1) is 0 Å². The summed E-state index contributed by atoms with van der Waals surface area (Å²) in [5.41, 5.74) is 1.27. The number of furan rings is 1. The number of anilines is 2. The zero-order valence-corrected chi connectivity index (χ0v) is 12.9. The van der Waals surface area contributed by atoms with E-state index in [0.29, 0.717) is 23.7 Å². The molecule has 0 saturated carbocycles. The molecule has 1 aliphatic rings. The second-order valence-corrected chi connectivity index (χ2v) is 5.30. The van der Waals surface area contributed by atoms with Crippen LogP contribution in [0.4, 0.5) is 11.4 Å². The Morgan fingerprint density at radius 1 is 1.35 bits per heavy atom. The molecular weight excluding hydrogens is 296 g/mol. The predicted octanol–water partition coefficient (Wildman–Crippen LogP) is 3.06. The van der Waals surface area contributed by atoms with Gasteiger partial charge >= 0.3 is 0 Å². The Morgan fingerprint density at radius 2 is 2.22 bits per heavy atom. The van der Waals surface area contributed by atoms with Crippen molar-refractivity contribution in [2.24, 2.45) is 0 Å². The Balaban J connectivity index is 1.83. The van der Waals surface area contributed by atoms with Gasteiger partial charge in [0.25, 0.3) is 11.8 Å². The molecule has 1 N–H and O–H groups in total. The third-order valence-electron chi connectivity index (χ3n) is 3.64. The molecule has 0 spiro atoms. The SMILES string of the molecule is CCCCN1C(=O)COc2ccc(NC(=O)c3ccco3)cc21.